The average Bonchev–Trinajstić information content (AvgIpc) is 2.46. The van der Waals surface area contributed by atoms with Crippen molar-refractivity contribution >= 4 is 5.82 Å². The van der Waals surface area contributed by atoms with Crippen molar-refractivity contribution in [2.45, 2.75) is 13.2 Å². The number of ether oxygens (including phenoxy) is 2. The van der Waals surface area contributed by atoms with Gasteiger partial charge in [0.05, 0.1) is 6.61 Å². The molecule has 100 valence electrons. The van der Waals surface area contributed by atoms with Gasteiger partial charge in [0.1, 0.15) is 18.2 Å². The highest BCUT2D eigenvalue weighted by Gasteiger charge is 1.99. The van der Waals surface area contributed by atoms with E-state index in [0.717, 1.165) is 16.9 Å². The Labute approximate surface area is 112 Å². The summed E-state index contributed by atoms with van der Waals surface area (Å²) in [5.74, 6) is 6.75. The maximum atomic E-state index is 5.73. The first-order valence-corrected chi connectivity index (χ1v) is 5.94. The molecule has 1 aromatic carbocycles. The van der Waals surface area contributed by atoms with Gasteiger partial charge < -0.3 is 14.9 Å². The van der Waals surface area contributed by atoms with Gasteiger partial charge in [-0.25, -0.2) is 10.8 Å². The summed E-state index contributed by atoms with van der Waals surface area (Å²) in [6.45, 7) is 1.04. The number of aromatic nitrogens is 1. The summed E-state index contributed by atoms with van der Waals surface area (Å²) in [5.41, 5.74) is 4.59. The first kappa shape index (κ1) is 13.3. The molecule has 0 atom stereocenters. The second-order valence-electron chi connectivity index (χ2n) is 4.06. The molecule has 0 aliphatic carbocycles. The van der Waals surface area contributed by atoms with Gasteiger partial charge in [0.15, 0.2) is 0 Å². The van der Waals surface area contributed by atoms with Crippen LogP contribution in [0.3, 0.4) is 0 Å². The molecule has 2 aromatic rings. The number of rotatable bonds is 6. The van der Waals surface area contributed by atoms with E-state index in [0.29, 0.717) is 19.0 Å². The number of benzene rings is 1. The Morgan fingerprint density at radius 1 is 1.16 bits per heavy atom. The van der Waals surface area contributed by atoms with Crippen LogP contribution in [-0.2, 0) is 18.0 Å². The Morgan fingerprint density at radius 2 is 2.00 bits per heavy atom. The minimum absolute atomic E-state index is 0.466. The number of pyridine rings is 1. The Balaban J connectivity index is 1.99. The van der Waals surface area contributed by atoms with Gasteiger partial charge in [-0.3, -0.25) is 0 Å². The van der Waals surface area contributed by atoms with E-state index in [4.69, 9.17) is 15.3 Å². The number of nitrogen functional groups attached to an aromatic ring is 1. The first-order valence-electron chi connectivity index (χ1n) is 5.94. The third-order valence-electron chi connectivity index (χ3n) is 2.59. The van der Waals surface area contributed by atoms with Crippen LogP contribution >= 0.6 is 0 Å². The van der Waals surface area contributed by atoms with E-state index in [2.05, 4.69) is 10.4 Å². The number of nitrogens with zero attached hydrogens (tertiary/aromatic N) is 1. The number of hydrazine groups is 1. The molecule has 1 heterocycles. The molecule has 5 heteroatoms. The topological polar surface area (TPSA) is 69.4 Å². The summed E-state index contributed by atoms with van der Waals surface area (Å²) in [7, 11) is 1.67. The smallest absolute Gasteiger partial charge is 0.140 e. The van der Waals surface area contributed by atoms with Crippen molar-refractivity contribution in [1.82, 2.24) is 4.98 Å². The first-order chi connectivity index (χ1) is 9.31. The monoisotopic (exact) mass is 259 g/mol. The fourth-order valence-corrected chi connectivity index (χ4v) is 1.70. The van der Waals surface area contributed by atoms with Crippen LogP contribution < -0.4 is 16.0 Å². The van der Waals surface area contributed by atoms with Crippen LogP contribution in [0.2, 0.25) is 0 Å². The maximum Gasteiger partial charge on any atom is 0.140 e. The van der Waals surface area contributed by atoms with Gasteiger partial charge >= 0.3 is 0 Å². The minimum atomic E-state index is 0.466. The molecule has 0 spiro atoms. The van der Waals surface area contributed by atoms with Crippen molar-refractivity contribution in [3.8, 4) is 5.75 Å². The zero-order valence-electron chi connectivity index (χ0n) is 10.8. The van der Waals surface area contributed by atoms with E-state index in [-0.39, 0.29) is 0 Å². The molecular weight excluding hydrogens is 242 g/mol. The third kappa shape index (κ3) is 3.94. The molecule has 0 fully saturated rings. The maximum absolute atomic E-state index is 5.73. The van der Waals surface area contributed by atoms with Crippen LogP contribution in [0, 0.1) is 0 Å². The van der Waals surface area contributed by atoms with Crippen molar-refractivity contribution in [1.29, 1.82) is 0 Å². The van der Waals surface area contributed by atoms with Gasteiger partial charge in [-0.1, -0.05) is 12.1 Å². The van der Waals surface area contributed by atoms with Gasteiger partial charge in [-0.05, 0) is 35.4 Å². The van der Waals surface area contributed by atoms with E-state index in [9.17, 15) is 0 Å². The number of hydrogen-bond donors (Lipinski definition) is 2. The van der Waals surface area contributed by atoms with E-state index in [1.165, 1.54) is 0 Å². The minimum Gasteiger partial charge on any atom is -0.489 e. The number of hydrogen-bond acceptors (Lipinski definition) is 5. The molecule has 5 nitrogen and oxygen atoms in total. The van der Waals surface area contributed by atoms with Crippen LogP contribution in [0.1, 0.15) is 11.1 Å². The Bertz CT molecular complexity index is 532. The van der Waals surface area contributed by atoms with Crippen molar-refractivity contribution in [2.24, 2.45) is 5.84 Å². The lowest BCUT2D eigenvalue weighted by atomic mass is 10.2. The summed E-state index contributed by atoms with van der Waals surface area (Å²) in [6, 6.07) is 11.6. The fourth-order valence-electron chi connectivity index (χ4n) is 1.70. The number of nitrogens with two attached hydrogens (primary N) is 1. The number of methoxy groups -OCH3 is 1. The fraction of sp³-hybridized carbons (Fsp3) is 0.214. The SMILES string of the molecule is COCc1cccc(OCc2ccnc(NN)c2)c1. The normalized spacial score (nSPS) is 10.2. The second kappa shape index (κ2) is 6.72. The van der Waals surface area contributed by atoms with Crippen LogP contribution in [0.4, 0.5) is 5.82 Å². The van der Waals surface area contributed by atoms with Crippen molar-refractivity contribution in [2.75, 3.05) is 12.5 Å². The molecule has 0 amide bonds. The average molecular weight is 259 g/mol. The number of anilines is 1. The number of nitrogens with one attached hydrogen (secondary N) is 1. The van der Waals surface area contributed by atoms with Gasteiger partial charge in [-0.15, -0.1) is 0 Å². The molecule has 0 saturated carbocycles. The zero-order chi connectivity index (χ0) is 13.5. The summed E-state index contributed by atoms with van der Waals surface area (Å²) < 4.78 is 10.8. The molecular formula is C14H17N3O2. The molecule has 1 aromatic heterocycles. The highest BCUT2D eigenvalue weighted by Crippen LogP contribution is 2.16. The highest BCUT2D eigenvalue weighted by molar-refractivity contribution is 5.36. The molecule has 0 saturated heterocycles. The van der Waals surface area contributed by atoms with Crippen LogP contribution in [-0.4, -0.2) is 12.1 Å². The molecule has 19 heavy (non-hydrogen) atoms. The van der Waals surface area contributed by atoms with E-state index >= 15 is 0 Å². The molecule has 2 rings (SSSR count). The predicted molar refractivity (Wildman–Crippen MR) is 73.5 cm³/mol. The molecule has 0 aliphatic heterocycles. The molecule has 0 aliphatic rings. The van der Waals surface area contributed by atoms with E-state index < -0.39 is 0 Å². The van der Waals surface area contributed by atoms with Crippen molar-refractivity contribution in [3.05, 3.63) is 53.7 Å². The summed E-state index contributed by atoms with van der Waals surface area (Å²) in [5, 5.41) is 0. The Hall–Kier alpha value is -2.11. The highest BCUT2D eigenvalue weighted by atomic mass is 16.5. The van der Waals surface area contributed by atoms with Crippen LogP contribution in [0.5, 0.6) is 5.75 Å². The van der Waals surface area contributed by atoms with Gasteiger partial charge in [0.25, 0.3) is 0 Å². The standard InChI is InChI=1S/C14H17N3O2/c1-18-9-11-3-2-4-13(7-11)19-10-12-5-6-16-14(8-12)17-15/h2-8H,9-10,15H2,1H3,(H,16,17). The predicted octanol–water partition coefficient (Wildman–Crippen LogP) is 2.09. The lowest BCUT2D eigenvalue weighted by molar-refractivity contribution is 0.184. The zero-order valence-corrected chi connectivity index (χ0v) is 10.8. The van der Waals surface area contributed by atoms with Crippen molar-refractivity contribution < 1.29 is 9.47 Å². The van der Waals surface area contributed by atoms with E-state index in [1.54, 1.807) is 13.3 Å². The Kier molecular flexibility index (Phi) is 4.72. The van der Waals surface area contributed by atoms with Crippen molar-refractivity contribution in [3.63, 3.8) is 0 Å². The Morgan fingerprint density at radius 3 is 2.79 bits per heavy atom. The molecule has 3 N–H and O–H groups in total. The molecule has 0 unspecified atom stereocenters. The van der Waals surface area contributed by atoms with Gasteiger partial charge in [0.2, 0.25) is 0 Å². The van der Waals surface area contributed by atoms with Gasteiger partial charge in [-0.2, -0.15) is 0 Å². The van der Waals surface area contributed by atoms with Crippen LogP contribution in [0.15, 0.2) is 42.6 Å². The van der Waals surface area contributed by atoms with Crippen LogP contribution in [0.25, 0.3) is 0 Å². The lowest BCUT2D eigenvalue weighted by Crippen LogP contribution is -2.09. The third-order valence-corrected chi connectivity index (χ3v) is 2.59. The lowest BCUT2D eigenvalue weighted by Gasteiger charge is -2.08. The quantitative estimate of drug-likeness (QED) is 0.614. The molecule has 0 bridgehead atoms. The summed E-state index contributed by atoms with van der Waals surface area (Å²) in [6.07, 6.45) is 1.69. The largest absolute Gasteiger partial charge is 0.489 e. The molecule has 0 radical (unpaired) electrons. The summed E-state index contributed by atoms with van der Waals surface area (Å²) >= 11 is 0. The van der Waals surface area contributed by atoms with E-state index in [1.807, 2.05) is 36.4 Å². The van der Waals surface area contributed by atoms with Gasteiger partial charge in [0, 0.05) is 13.3 Å². The second-order valence-corrected chi connectivity index (χ2v) is 4.06. The summed E-state index contributed by atoms with van der Waals surface area (Å²) in [4.78, 5) is 4.04.